The van der Waals surface area contributed by atoms with Crippen LogP contribution in [0.1, 0.15) is 20.3 Å². The normalized spacial score (nSPS) is 14.5. The number of hydrogen-bond acceptors (Lipinski definition) is 8. The molecule has 0 amide bonds. The second-order valence-corrected chi connectivity index (χ2v) is 18.4. The van der Waals surface area contributed by atoms with Crippen molar-refractivity contribution in [2.24, 2.45) is 0 Å². The molecule has 0 bridgehead atoms. The Kier molecular flexibility index (Phi) is 11.6. The van der Waals surface area contributed by atoms with Gasteiger partial charge in [0.2, 0.25) is 0 Å². The van der Waals surface area contributed by atoms with Crippen LogP contribution in [-0.2, 0) is 19.4 Å². The van der Waals surface area contributed by atoms with Crippen LogP contribution in [0.3, 0.4) is 0 Å². The Balaban J connectivity index is 0.000000598. The molecule has 9 rings (SSSR count). The number of anilines is 2. The number of rotatable bonds is 8. The van der Waals surface area contributed by atoms with Crippen LogP contribution < -0.4 is 9.62 Å². The van der Waals surface area contributed by atoms with E-state index in [1.807, 2.05) is 22.7 Å². The van der Waals surface area contributed by atoms with Crippen LogP contribution in [0.5, 0.6) is 0 Å². The van der Waals surface area contributed by atoms with Crippen LogP contribution in [-0.4, -0.2) is 78.1 Å². The first-order chi connectivity index (χ1) is 27.5. The molecule has 0 radical (unpaired) electrons. The summed E-state index contributed by atoms with van der Waals surface area (Å²) >= 11 is 6.27. The molecule has 1 aliphatic heterocycles. The van der Waals surface area contributed by atoms with Gasteiger partial charge >= 0.3 is 315 Å². The number of thiophene rings is 2. The molecule has 1 fully saturated rings. The monoisotopic (exact) mass is 966 g/mol. The summed E-state index contributed by atoms with van der Waals surface area (Å²) in [6.45, 7) is 3.46. The fraction of sp³-hybridized carbons (Fsp3) is 0.196. The maximum atomic E-state index is 8.56. The summed E-state index contributed by atoms with van der Waals surface area (Å²) in [6, 6.07) is 50.3. The van der Waals surface area contributed by atoms with E-state index in [4.69, 9.17) is 10.2 Å². The Hall–Kier alpha value is -4.11. The Morgan fingerprint density at radius 3 is 1.54 bits per heavy atom. The Bertz CT molecular complexity index is 2510. The van der Waals surface area contributed by atoms with Gasteiger partial charge in [-0.3, -0.25) is 0 Å². The predicted molar refractivity (Wildman–Crippen MR) is 245 cm³/mol. The zero-order valence-corrected chi connectivity index (χ0v) is 36.9. The minimum atomic E-state index is -0.375. The number of hydrogen-bond donors (Lipinski definition) is 2. The van der Waals surface area contributed by atoms with E-state index >= 15 is 0 Å². The van der Waals surface area contributed by atoms with E-state index in [0.717, 1.165) is 9.83 Å². The third-order valence-electron chi connectivity index (χ3n) is 10.5. The van der Waals surface area contributed by atoms with Crippen LogP contribution in [0, 0.1) is 6.07 Å². The molecule has 1 saturated heterocycles. The van der Waals surface area contributed by atoms with Crippen molar-refractivity contribution >= 4 is 92.3 Å². The zero-order chi connectivity index (χ0) is 40.0. The summed E-state index contributed by atoms with van der Waals surface area (Å²) in [4.78, 5) is 9.55. The number of aliphatic hydroxyl groups is 2. The van der Waals surface area contributed by atoms with Crippen LogP contribution in [0.15, 0.2) is 127 Å². The van der Waals surface area contributed by atoms with E-state index in [-0.39, 0.29) is 26.0 Å². The molecular weight excluding hydrogens is 921 g/mol. The quantitative estimate of drug-likeness (QED) is 0.117. The first-order valence-corrected chi connectivity index (χ1v) is 22.0. The van der Waals surface area contributed by atoms with Crippen LogP contribution in [0.25, 0.3) is 62.6 Å². The molecule has 290 valence electrons. The number of aliphatic hydroxyl groups excluding tert-OH is 2. The summed E-state index contributed by atoms with van der Waals surface area (Å²) < 4.78 is 6.48. The molecule has 0 spiro atoms. The Morgan fingerprint density at radius 2 is 1.07 bits per heavy atom. The van der Waals surface area contributed by atoms with Gasteiger partial charge in [-0.1, -0.05) is 0 Å². The Morgan fingerprint density at radius 1 is 0.596 bits per heavy atom. The average molecular weight is 967 g/mol. The van der Waals surface area contributed by atoms with Crippen molar-refractivity contribution in [2.45, 2.75) is 32.5 Å². The van der Waals surface area contributed by atoms with Crippen molar-refractivity contribution in [3.05, 3.63) is 133 Å². The van der Waals surface area contributed by atoms with Gasteiger partial charge in [-0.15, -0.1) is 0 Å². The SMILES string of the molecule is CC(O)CC(C)O.CN(C)B1B(N(C)C)N(c2ccc(-c3cccc4c3sc3ccccc34)cc2)[C](=[Pt])N1c1[c-]cc(-c2cccc3c2sc2ccccc23)cc1. The van der Waals surface area contributed by atoms with E-state index in [2.05, 4.69) is 200 Å². The van der Waals surface area contributed by atoms with Gasteiger partial charge in [0.05, 0.1) is 12.2 Å². The van der Waals surface area contributed by atoms with Crippen LogP contribution in [0.4, 0.5) is 11.4 Å². The molecule has 0 saturated carbocycles. The molecule has 0 aliphatic carbocycles. The van der Waals surface area contributed by atoms with Gasteiger partial charge in [0.25, 0.3) is 0 Å². The molecule has 2 aromatic heterocycles. The van der Waals surface area contributed by atoms with Crippen molar-refractivity contribution in [1.82, 2.24) is 9.62 Å². The first kappa shape index (κ1) is 39.7. The standard InChI is InChI=1S/C41H33B2N4S2.C5H12O2.Pt/c1-44(2)42-43(45(3)4)47(31-25-21-29(22-26-31)33-14-10-16-37-35-12-6-8-18-39(35)49-41(33)37)27-46(42)30-23-19-28(20-24-30)32-13-9-15-36-34-11-5-7-17-38(34)48-40(32)36;1-4(6)3-5(2)7;/h5-25H,1-4H3;4-7H,3H2,1-2H3;/q-1;;. The third-order valence-corrected chi connectivity index (χ3v) is 14.1. The topological polar surface area (TPSA) is 53.4 Å². The van der Waals surface area contributed by atoms with Gasteiger partial charge in [-0.2, -0.15) is 0 Å². The van der Waals surface area contributed by atoms with Gasteiger partial charge in [-0.25, -0.2) is 0 Å². The molecule has 2 atom stereocenters. The second-order valence-electron chi connectivity index (χ2n) is 15.2. The number of benzene rings is 6. The number of nitrogens with zero attached hydrogens (tertiary/aromatic N) is 4. The minimum absolute atomic E-state index is 0.0672. The predicted octanol–water partition coefficient (Wildman–Crippen LogP) is 9.83. The molecule has 1 aliphatic rings. The van der Waals surface area contributed by atoms with E-state index in [0.29, 0.717) is 6.42 Å². The Labute approximate surface area is 355 Å². The fourth-order valence-electron chi connectivity index (χ4n) is 8.04. The molecule has 11 heteroatoms. The average Bonchev–Trinajstić information content (AvgIpc) is 3.87. The van der Waals surface area contributed by atoms with E-state index in [9.17, 15) is 0 Å². The van der Waals surface area contributed by atoms with Gasteiger partial charge in [0.1, 0.15) is 0 Å². The maximum absolute atomic E-state index is 8.56. The third kappa shape index (κ3) is 7.65. The van der Waals surface area contributed by atoms with Gasteiger partial charge < -0.3 is 10.2 Å². The molecule has 6 nitrogen and oxygen atoms in total. The summed E-state index contributed by atoms with van der Waals surface area (Å²) in [6.07, 6.45) is -0.278. The molecule has 8 aromatic rings. The van der Waals surface area contributed by atoms with Gasteiger partial charge in [0.15, 0.2) is 0 Å². The van der Waals surface area contributed by atoms with Crippen molar-refractivity contribution < 1.29 is 29.6 Å². The first-order valence-electron chi connectivity index (χ1n) is 19.2. The summed E-state index contributed by atoms with van der Waals surface area (Å²) in [7, 11) is 8.70. The van der Waals surface area contributed by atoms with Crippen molar-refractivity contribution in [2.75, 3.05) is 37.8 Å². The van der Waals surface area contributed by atoms with Crippen LogP contribution >= 0.6 is 22.7 Å². The summed E-state index contributed by atoms with van der Waals surface area (Å²) in [5.41, 5.74) is 7.20. The van der Waals surface area contributed by atoms with Gasteiger partial charge in [0, 0.05) is 0 Å². The van der Waals surface area contributed by atoms with E-state index in [1.54, 1.807) is 13.8 Å². The van der Waals surface area contributed by atoms with E-state index in [1.165, 1.54) is 68.3 Å². The van der Waals surface area contributed by atoms with Crippen molar-refractivity contribution in [3.63, 3.8) is 0 Å². The molecule has 6 aromatic carbocycles. The van der Waals surface area contributed by atoms with Crippen LogP contribution in [0.2, 0.25) is 0 Å². The van der Waals surface area contributed by atoms with E-state index < -0.39 is 0 Å². The fourth-order valence-corrected chi connectivity index (χ4v) is 11.7. The second kappa shape index (κ2) is 16.6. The molecule has 3 heterocycles. The molecule has 2 N–H and O–H groups in total. The zero-order valence-electron chi connectivity index (χ0n) is 33.0. The van der Waals surface area contributed by atoms with Crippen molar-refractivity contribution in [3.8, 4) is 22.3 Å². The summed E-state index contributed by atoms with van der Waals surface area (Å²) in [5, 5.41) is 22.4. The molecule has 57 heavy (non-hydrogen) atoms. The molecule has 2 unspecified atom stereocenters. The molecular formula is C46H45B2N4O2PtS2-. The number of fused-ring (bicyclic) bond motifs is 6. The van der Waals surface area contributed by atoms with Gasteiger partial charge in [-0.05, 0) is 20.3 Å². The van der Waals surface area contributed by atoms with Crippen molar-refractivity contribution in [1.29, 1.82) is 0 Å². The summed E-state index contributed by atoms with van der Waals surface area (Å²) in [5.74, 6) is 0.